The summed E-state index contributed by atoms with van der Waals surface area (Å²) in [6.07, 6.45) is 1.66. The Hall–Kier alpha value is -1.73. The number of carbonyl (C=O) groups excluding carboxylic acids is 1. The highest BCUT2D eigenvalue weighted by Crippen LogP contribution is 2.34. The fraction of sp³-hybridized carbons (Fsp3) is 0.588. The molecule has 0 atom stereocenters. The van der Waals surface area contributed by atoms with Crippen LogP contribution < -0.4 is 10.2 Å². The number of aromatic nitrogens is 2. The van der Waals surface area contributed by atoms with Gasteiger partial charge in [0, 0.05) is 37.1 Å². The highest BCUT2D eigenvalue weighted by atomic mass is 32.1. The van der Waals surface area contributed by atoms with E-state index in [1.54, 1.807) is 17.7 Å². The summed E-state index contributed by atoms with van der Waals surface area (Å²) < 4.78 is 0. The van der Waals surface area contributed by atoms with Gasteiger partial charge in [-0.3, -0.25) is 9.69 Å². The first-order chi connectivity index (χ1) is 11.5. The molecule has 0 spiro atoms. The molecule has 0 saturated carbocycles. The van der Waals surface area contributed by atoms with E-state index in [-0.39, 0.29) is 11.9 Å². The average Bonchev–Trinajstić information content (AvgIpc) is 2.82. The zero-order valence-corrected chi connectivity index (χ0v) is 15.6. The molecule has 0 bridgehead atoms. The number of aryl methyl sites for hydroxylation is 2. The largest absolute Gasteiger partial charge is 0.353 e. The first-order valence-electron chi connectivity index (χ1n) is 8.43. The molecule has 3 heterocycles. The Morgan fingerprint density at radius 2 is 1.96 bits per heavy atom. The SMILES string of the molecule is Cc1sc2ncnc(N3CCN(CC(=O)NC(C)C)CC3)c2c1C. The second-order valence-corrected chi connectivity index (χ2v) is 7.85. The quantitative estimate of drug-likeness (QED) is 0.916. The third kappa shape index (κ3) is 3.52. The Kier molecular flexibility index (Phi) is 5.01. The molecule has 6 nitrogen and oxygen atoms in total. The number of amides is 1. The summed E-state index contributed by atoms with van der Waals surface area (Å²) in [5, 5.41) is 4.14. The van der Waals surface area contributed by atoms with E-state index in [1.807, 2.05) is 13.8 Å². The van der Waals surface area contributed by atoms with Crippen molar-refractivity contribution < 1.29 is 4.79 Å². The molecule has 24 heavy (non-hydrogen) atoms. The molecule has 1 aliphatic rings. The second kappa shape index (κ2) is 7.03. The zero-order valence-electron chi connectivity index (χ0n) is 14.8. The maximum Gasteiger partial charge on any atom is 0.234 e. The van der Waals surface area contributed by atoms with E-state index in [2.05, 4.69) is 38.9 Å². The third-order valence-electron chi connectivity index (χ3n) is 4.43. The lowest BCUT2D eigenvalue weighted by atomic mass is 10.2. The number of rotatable bonds is 4. The van der Waals surface area contributed by atoms with Gasteiger partial charge in [0.05, 0.1) is 11.9 Å². The highest BCUT2D eigenvalue weighted by Gasteiger charge is 2.23. The molecule has 0 radical (unpaired) electrons. The van der Waals surface area contributed by atoms with E-state index in [1.165, 1.54) is 15.8 Å². The number of thiophene rings is 1. The fourth-order valence-electron chi connectivity index (χ4n) is 3.09. The Morgan fingerprint density at radius 3 is 2.62 bits per heavy atom. The van der Waals surface area contributed by atoms with Gasteiger partial charge in [-0.05, 0) is 33.3 Å². The van der Waals surface area contributed by atoms with E-state index in [4.69, 9.17) is 0 Å². The van der Waals surface area contributed by atoms with Crippen LogP contribution in [0.25, 0.3) is 10.2 Å². The number of nitrogens with zero attached hydrogens (tertiary/aromatic N) is 4. The molecule has 0 aliphatic carbocycles. The predicted octanol–water partition coefficient (Wildman–Crippen LogP) is 1.95. The van der Waals surface area contributed by atoms with Crippen molar-refractivity contribution in [2.75, 3.05) is 37.6 Å². The van der Waals surface area contributed by atoms with Crippen molar-refractivity contribution in [3.8, 4) is 0 Å². The van der Waals surface area contributed by atoms with Gasteiger partial charge in [-0.15, -0.1) is 11.3 Å². The number of hydrogen-bond donors (Lipinski definition) is 1. The lowest BCUT2D eigenvalue weighted by Crippen LogP contribution is -2.50. The molecule has 1 fully saturated rings. The van der Waals surface area contributed by atoms with E-state index in [0.29, 0.717) is 6.54 Å². The maximum absolute atomic E-state index is 11.9. The topological polar surface area (TPSA) is 61.4 Å². The van der Waals surface area contributed by atoms with Crippen LogP contribution in [0.4, 0.5) is 5.82 Å². The van der Waals surface area contributed by atoms with Gasteiger partial charge >= 0.3 is 0 Å². The Labute approximate surface area is 146 Å². The summed E-state index contributed by atoms with van der Waals surface area (Å²) in [4.78, 5) is 27.8. The number of nitrogens with one attached hydrogen (secondary N) is 1. The summed E-state index contributed by atoms with van der Waals surface area (Å²) in [5.41, 5.74) is 1.28. The molecule has 130 valence electrons. The highest BCUT2D eigenvalue weighted by molar-refractivity contribution is 7.18. The van der Waals surface area contributed by atoms with Gasteiger partial charge in [0.1, 0.15) is 17.0 Å². The zero-order chi connectivity index (χ0) is 17.3. The Balaban J connectivity index is 1.68. The van der Waals surface area contributed by atoms with E-state index < -0.39 is 0 Å². The van der Waals surface area contributed by atoms with E-state index in [9.17, 15) is 4.79 Å². The summed E-state index contributed by atoms with van der Waals surface area (Å²) in [5.74, 6) is 1.14. The van der Waals surface area contributed by atoms with Crippen molar-refractivity contribution in [1.82, 2.24) is 20.2 Å². The van der Waals surface area contributed by atoms with Crippen LogP contribution in [0.1, 0.15) is 24.3 Å². The van der Waals surface area contributed by atoms with Crippen LogP contribution in [0.2, 0.25) is 0 Å². The number of hydrogen-bond acceptors (Lipinski definition) is 6. The van der Waals surface area contributed by atoms with Crippen molar-refractivity contribution in [2.45, 2.75) is 33.7 Å². The van der Waals surface area contributed by atoms with Crippen molar-refractivity contribution in [3.05, 3.63) is 16.8 Å². The molecule has 1 aliphatic heterocycles. The molecule has 3 rings (SSSR count). The van der Waals surface area contributed by atoms with Gasteiger partial charge in [-0.1, -0.05) is 0 Å². The van der Waals surface area contributed by atoms with Crippen LogP contribution >= 0.6 is 11.3 Å². The van der Waals surface area contributed by atoms with Gasteiger partial charge in [-0.2, -0.15) is 0 Å². The normalized spacial score (nSPS) is 16.1. The van der Waals surface area contributed by atoms with E-state index in [0.717, 1.165) is 36.8 Å². The molecule has 1 amide bonds. The lowest BCUT2D eigenvalue weighted by Gasteiger charge is -2.35. The summed E-state index contributed by atoms with van der Waals surface area (Å²) >= 11 is 1.73. The van der Waals surface area contributed by atoms with Gasteiger partial charge < -0.3 is 10.2 Å². The smallest absolute Gasteiger partial charge is 0.234 e. The summed E-state index contributed by atoms with van der Waals surface area (Å²) in [6.45, 7) is 12.2. The number of carbonyl (C=O) groups is 1. The van der Waals surface area contributed by atoms with Crippen LogP contribution in [0.5, 0.6) is 0 Å². The van der Waals surface area contributed by atoms with Crippen molar-refractivity contribution in [1.29, 1.82) is 0 Å². The molecule has 1 saturated heterocycles. The lowest BCUT2D eigenvalue weighted by molar-refractivity contribution is -0.122. The molecular formula is C17H25N5OS. The monoisotopic (exact) mass is 347 g/mol. The molecular weight excluding hydrogens is 322 g/mol. The molecule has 0 aromatic carbocycles. The summed E-state index contributed by atoms with van der Waals surface area (Å²) in [7, 11) is 0. The number of fused-ring (bicyclic) bond motifs is 1. The molecule has 0 unspecified atom stereocenters. The number of piperazine rings is 1. The van der Waals surface area contributed by atoms with Gasteiger partial charge in [0.15, 0.2) is 0 Å². The maximum atomic E-state index is 11.9. The Bertz CT molecular complexity index is 734. The van der Waals surface area contributed by atoms with Gasteiger partial charge in [-0.25, -0.2) is 9.97 Å². The van der Waals surface area contributed by atoms with E-state index >= 15 is 0 Å². The van der Waals surface area contributed by atoms with Crippen molar-refractivity contribution >= 4 is 33.3 Å². The van der Waals surface area contributed by atoms with Crippen LogP contribution in [0.15, 0.2) is 6.33 Å². The van der Waals surface area contributed by atoms with Crippen LogP contribution in [-0.4, -0.2) is 59.5 Å². The number of anilines is 1. The predicted molar refractivity (Wildman–Crippen MR) is 98.8 cm³/mol. The molecule has 2 aromatic heterocycles. The van der Waals surface area contributed by atoms with Crippen LogP contribution in [0.3, 0.4) is 0 Å². The first-order valence-corrected chi connectivity index (χ1v) is 9.24. The Morgan fingerprint density at radius 1 is 1.25 bits per heavy atom. The molecule has 7 heteroatoms. The standard InChI is InChI=1S/C17H25N5OS/c1-11(2)20-14(23)9-21-5-7-22(8-6-21)16-15-12(3)13(4)24-17(15)19-10-18-16/h10-11H,5-9H2,1-4H3,(H,20,23). The fourth-order valence-corrected chi connectivity index (χ4v) is 4.08. The van der Waals surface area contributed by atoms with Gasteiger partial charge in [0.2, 0.25) is 5.91 Å². The second-order valence-electron chi connectivity index (χ2n) is 6.65. The minimum atomic E-state index is 0.104. The van der Waals surface area contributed by atoms with Crippen LogP contribution in [-0.2, 0) is 4.79 Å². The molecule has 2 aromatic rings. The third-order valence-corrected chi connectivity index (χ3v) is 5.55. The average molecular weight is 347 g/mol. The summed E-state index contributed by atoms with van der Waals surface area (Å²) in [6, 6.07) is 0.192. The molecule has 1 N–H and O–H groups in total. The van der Waals surface area contributed by atoms with Crippen LogP contribution in [0, 0.1) is 13.8 Å². The van der Waals surface area contributed by atoms with Crippen molar-refractivity contribution in [3.63, 3.8) is 0 Å². The van der Waals surface area contributed by atoms with Crippen molar-refractivity contribution in [2.24, 2.45) is 0 Å². The minimum absolute atomic E-state index is 0.104. The first kappa shape index (κ1) is 17.1. The van der Waals surface area contributed by atoms with Gasteiger partial charge in [0.25, 0.3) is 0 Å². The minimum Gasteiger partial charge on any atom is -0.353 e.